The van der Waals surface area contributed by atoms with Gasteiger partial charge in [0.1, 0.15) is 22.8 Å². The number of benzene rings is 3. The predicted molar refractivity (Wildman–Crippen MR) is 131 cm³/mol. The molecule has 0 bridgehead atoms. The number of rotatable bonds is 9. The zero-order valence-corrected chi connectivity index (χ0v) is 19.1. The number of hydrogen-bond donors (Lipinski definition) is 3. The SMILES string of the molecule is COc1c(NCCCOc2ccccc2)c(F)c(N)c2c1C(c1ccccc1)C=C(C(=O)O)C2=O. The monoisotopic (exact) mass is 476 g/mol. The van der Waals surface area contributed by atoms with Crippen LogP contribution in [0.1, 0.15) is 33.8 Å². The summed E-state index contributed by atoms with van der Waals surface area (Å²) in [5.74, 6) is -2.94. The third-order valence-electron chi connectivity index (χ3n) is 5.81. The molecule has 1 aliphatic carbocycles. The lowest BCUT2D eigenvalue weighted by molar-refractivity contribution is -0.132. The molecule has 35 heavy (non-hydrogen) atoms. The van der Waals surface area contributed by atoms with Crippen LogP contribution in [0.15, 0.2) is 72.3 Å². The van der Waals surface area contributed by atoms with Crippen molar-refractivity contribution in [2.75, 3.05) is 31.3 Å². The number of halogens is 1. The normalized spacial score (nSPS) is 14.6. The van der Waals surface area contributed by atoms with E-state index in [1.165, 1.54) is 13.2 Å². The van der Waals surface area contributed by atoms with Crippen molar-refractivity contribution >= 4 is 23.1 Å². The molecule has 1 atom stereocenters. The minimum Gasteiger partial charge on any atom is -0.494 e. The second-order valence-corrected chi connectivity index (χ2v) is 7.97. The lowest BCUT2D eigenvalue weighted by Crippen LogP contribution is -2.25. The fourth-order valence-electron chi connectivity index (χ4n) is 4.19. The summed E-state index contributed by atoms with van der Waals surface area (Å²) in [6.07, 6.45) is 1.91. The molecular weight excluding hydrogens is 451 g/mol. The Morgan fingerprint density at radius 1 is 1.11 bits per heavy atom. The summed E-state index contributed by atoms with van der Waals surface area (Å²) in [6, 6.07) is 18.3. The largest absolute Gasteiger partial charge is 0.494 e. The lowest BCUT2D eigenvalue weighted by Gasteiger charge is -2.28. The van der Waals surface area contributed by atoms with Gasteiger partial charge in [-0.05, 0) is 24.1 Å². The molecule has 3 aromatic rings. The predicted octanol–water partition coefficient (Wildman–Crippen LogP) is 4.64. The van der Waals surface area contributed by atoms with Crippen LogP contribution < -0.4 is 20.5 Å². The maximum Gasteiger partial charge on any atom is 0.339 e. The number of fused-ring (bicyclic) bond motifs is 1. The standard InChI is InChI=1S/C27H25FN2O5/c1-34-26-20-18(16-9-4-2-5-10-16)15-19(27(32)33)25(31)21(20)23(29)22(28)24(26)30-13-8-14-35-17-11-6-3-7-12-17/h2-7,9-12,15,18,30H,8,13-14,29H2,1H3,(H,32,33). The maximum absolute atomic E-state index is 15.4. The van der Waals surface area contributed by atoms with Gasteiger partial charge in [0.2, 0.25) is 5.78 Å². The average Bonchev–Trinajstić information content (AvgIpc) is 2.87. The van der Waals surface area contributed by atoms with Crippen LogP contribution in [-0.4, -0.2) is 37.1 Å². The quantitative estimate of drug-likeness (QED) is 0.234. The number of ether oxygens (including phenoxy) is 2. The van der Waals surface area contributed by atoms with E-state index in [9.17, 15) is 14.7 Å². The lowest BCUT2D eigenvalue weighted by atomic mass is 9.78. The van der Waals surface area contributed by atoms with Gasteiger partial charge in [0.15, 0.2) is 5.82 Å². The van der Waals surface area contributed by atoms with Crippen LogP contribution in [0.2, 0.25) is 0 Å². The Kier molecular flexibility index (Phi) is 7.01. The van der Waals surface area contributed by atoms with E-state index in [4.69, 9.17) is 15.2 Å². The molecule has 0 spiro atoms. The van der Waals surface area contributed by atoms with Crippen molar-refractivity contribution in [3.05, 3.63) is 94.8 Å². The number of hydrogen-bond acceptors (Lipinski definition) is 6. The van der Waals surface area contributed by atoms with E-state index in [2.05, 4.69) is 5.32 Å². The molecule has 180 valence electrons. The summed E-state index contributed by atoms with van der Waals surface area (Å²) < 4.78 is 26.7. The van der Waals surface area contributed by atoms with E-state index in [1.807, 2.05) is 36.4 Å². The van der Waals surface area contributed by atoms with E-state index >= 15 is 4.39 Å². The van der Waals surface area contributed by atoms with Crippen LogP contribution in [0, 0.1) is 5.82 Å². The van der Waals surface area contributed by atoms with E-state index in [0.717, 1.165) is 5.75 Å². The highest BCUT2D eigenvalue weighted by Gasteiger charge is 2.38. The van der Waals surface area contributed by atoms with Crippen molar-refractivity contribution in [3.8, 4) is 11.5 Å². The number of carbonyl (C=O) groups excluding carboxylic acids is 1. The van der Waals surface area contributed by atoms with E-state index < -0.39 is 34.7 Å². The minimum atomic E-state index is -1.40. The summed E-state index contributed by atoms with van der Waals surface area (Å²) in [4.78, 5) is 24.8. The fraction of sp³-hybridized carbons (Fsp3) is 0.185. The summed E-state index contributed by atoms with van der Waals surface area (Å²) in [5.41, 5.74) is 6.09. The maximum atomic E-state index is 15.4. The number of nitrogens with two attached hydrogens (primary N) is 1. The molecule has 0 saturated heterocycles. The zero-order chi connectivity index (χ0) is 24.9. The van der Waals surface area contributed by atoms with Crippen molar-refractivity contribution in [2.45, 2.75) is 12.3 Å². The minimum absolute atomic E-state index is 0.0179. The molecule has 0 saturated carbocycles. The molecule has 0 aliphatic heterocycles. The molecule has 1 unspecified atom stereocenters. The number of para-hydroxylation sites is 1. The molecule has 0 radical (unpaired) electrons. The Bertz CT molecular complexity index is 1280. The Morgan fingerprint density at radius 2 is 1.77 bits per heavy atom. The molecule has 4 N–H and O–H groups in total. The number of aliphatic carboxylic acids is 1. The highest BCUT2D eigenvalue weighted by molar-refractivity contribution is 6.27. The smallest absolute Gasteiger partial charge is 0.339 e. The second-order valence-electron chi connectivity index (χ2n) is 7.97. The molecular formula is C27H25FN2O5. The van der Waals surface area contributed by atoms with Crippen LogP contribution >= 0.6 is 0 Å². The number of anilines is 2. The second kappa shape index (κ2) is 10.3. The fourth-order valence-corrected chi connectivity index (χ4v) is 4.19. The summed E-state index contributed by atoms with van der Waals surface area (Å²) in [5, 5.41) is 12.6. The van der Waals surface area contributed by atoms with Gasteiger partial charge in [-0.25, -0.2) is 9.18 Å². The van der Waals surface area contributed by atoms with Crippen molar-refractivity contribution in [1.82, 2.24) is 0 Å². The molecule has 4 rings (SSSR count). The van der Waals surface area contributed by atoms with E-state index in [-0.39, 0.29) is 17.0 Å². The van der Waals surface area contributed by atoms with Crippen molar-refractivity contribution in [3.63, 3.8) is 0 Å². The number of allylic oxidation sites excluding steroid dienone is 1. The molecule has 7 nitrogen and oxygen atoms in total. The molecule has 0 heterocycles. The third-order valence-corrected chi connectivity index (χ3v) is 5.81. The molecule has 0 amide bonds. The highest BCUT2D eigenvalue weighted by atomic mass is 19.1. The van der Waals surface area contributed by atoms with Gasteiger partial charge in [0.05, 0.1) is 25.0 Å². The average molecular weight is 477 g/mol. The van der Waals surface area contributed by atoms with Gasteiger partial charge in [0, 0.05) is 18.0 Å². The summed E-state index contributed by atoms with van der Waals surface area (Å²) in [7, 11) is 1.37. The van der Waals surface area contributed by atoms with E-state index in [1.54, 1.807) is 24.3 Å². The van der Waals surface area contributed by atoms with Gasteiger partial charge in [-0.2, -0.15) is 0 Å². The Labute approximate surface area is 202 Å². The van der Waals surface area contributed by atoms with Gasteiger partial charge in [-0.3, -0.25) is 4.79 Å². The number of nitrogens with one attached hydrogen (secondary N) is 1. The van der Waals surface area contributed by atoms with Crippen LogP contribution in [-0.2, 0) is 4.79 Å². The summed E-state index contributed by atoms with van der Waals surface area (Å²) in [6.45, 7) is 0.746. The molecule has 1 aliphatic rings. The zero-order valence-electron chi connectivity index (χ0n) is 19.1. The molecule has 8 heteroatoms. The van der Waals surface area contributed by atoms with Gasteiger partial charge < -0.3 is 25.6 Å². The number of carboxylic acids is 1. The molecule has 0 fully saturated rings. The number of nitrogen functional groups attached to an aromatic ring is 1. The van der Waals surface area contributed by atoms with Gasteiger partial charge >= 0.3 is 5.97 Å². The molecule has 3 aromatic carbocycles. The first kappa shape index (κ1) is 23.8. The number of ketones is 1. The number of methoxy groups -OCH3 is 1. The highest BCUT2D eigenvalue weighted by Crippen LogP contribution is 2.48. The first-order valence-corrected chi connectivity index (χ1v) is 11.1. The Morgan fingerprint density at radius 3 is 2.40 bits per heavy atom. The Balaban J connectivity index is 1.69. The van der Waals surface area contributed by atoms with Gasteiger partial charge in [0.25, 0.3) is 0 Å². The van der Waals surface area contributed by atoms with Gasteiger partial charge in [-0.1, -0.05) is 54.6 Å². The number of carboxylic acid groups (broad SMARTS) is 1. The van der Waals surface area contributed by atoms with Crippen molar-refractivity contribution in [2.24, 2.45) is 0 Å². The van der Waals surface area contributed by atoms with Crippen LogP contribution in [0.25, 0.3) is 0 Å². The Hall–Kier alpha value is -4.33. The van der Waals surface area contributed by atoms with Crippen LogP contribution in [0.4, 0.5) is 15.8 Å². The summed E-state index contributed by atoms with van der Waals surface area (Å²) >= 11 is 0. The first-order valence-electron chi connectivity index (χ1n) is 11.1. The first-order chi connectivity index (χ1) is 16.9. The van der Waals surface area contributed by atoms with E-state index in [0.29, 0.717) is 30.7 Å². The van der Waals surface area contributed by atoms with Crippen LogP contribution in [0.3, 0.4) is 0 Å². The van der Waals surface area contributed by atoms with Crippen LogP contribution in [0.5, 0.6) is 11.5 Å². The number of Topliss-reactive ketones (excluding diaryl/α,β-unsaturated/α-hetero) is 1. The molecule has 0 aromatic heterocycles. The third kappa shape index (κ3) is 4.68. The number of carbonyl (C=O) groups is 2. The topological polar surface area (TPSA) is 111 Å². The van der Waals surface area contributed by atoms with Crippen molar-refractivity contribution in [1.29, 1.82) is 0 Å². The van der Waals surface area contributed by atoms with Gasteiger partial charge in [-0.15, -0.1) is 0 Å². The van der Waals surface area contributed by atoms with Crippen molar-refractivity contribution < 1.29 is 28.6 Å².